The molecule has 0 rings (SSSR count). The molecule has 0 aromatic carbocycles. The molecule has 2 nitrogen and oxygen atoms in total. The third-order valence-electron chi connectivity index (χ3n) is 3.46. The summed E-state index contributed by atoms with van der Waals surface area (Å²) in [7, 11) is 0. The second kappa shape index (κ2) is 16.6. The van der Waals surface area contributed by atoms with E-state index in [1.807, 2.05) is 0 Å². The summed E-state index contributed by atoms with van der Waals surface area (Å²) in [5.74, 6) is 0.922. The van der Waals surface area contributed by atoms with Crippen molar-refractivity contribution in [3.8, 4) is 0 Å². The molecule has 20 heavy (non-hydrogen) atoms. The number of rotatable bonds is 15. The maximum atomic E-state index is 10.9. The topological polar surface area (TPSA) is 29.1 Å². The molecule has 0 aromatic heterocycles. The number of hydrogen-bond acceptors (Lipinski definition) is 2. The van der Waals surface area contributed by atoms with E-state index in [4.69, 9.17) is 0 Å². The van der Waals surface area contributed by atoms with Gasteiger partial charge in [0, 0.05) is 5.75 Å². The molecule has 0 radical (unpaired) electrons. The SMILES string of the molecule is C=CC(=O)NSCCCCCCCCCCCCCC. The molecule has 0 heterocycles. The second-order valence-corrected chi connectivity index (χ2v) is 6.31. The number of unbranched alkanes of at least 4 members (excludes halogenated alkanes) is 11. The Morgan fingerprint density at radius 3 is 1.80 bits per heavy atom. The van der Waals surface area contributed by atoms with Crippen molar-refractivity contribution in [2.45, 2.75) is 84.0 Å². The zero-order chi connectivity index (χ0) is 14.9. The molecule has 0 aromatic rings. The van der Waals surface area contributed by atoms with Gasteiger partial charge in [-0.1, -0.05) is 96.1 Å². The van der Waals surface area contributed by atoms with E-state index in [1.54, 1.807) is 0 Å². The molecule has 0 unspecified atom stereocenters. The van der Waals surface area contributed by atoms with Gasteiger partial charge in [0.05, 0.1) is 0 Å². The van der Waals surface area contributed by atoms with Crippen LogP contribution in [0.4, 0.5) is 0 Å². The lowest BCUT2D eigenvalue weighted by molar-refractivity contribution is -0.114. The van der Waals surface area contributed by atoms with Gasteiger partial charge in [-0.25, -0.2) is 0 Å². The first kappa shape index (κ1) is 19.6. The van der Waals surface area contributed by atoms with Crippen LogP contribution in [-0.2, 0) is 4.79 Å². The van der Waals surface area contributed by atoms with Gasteiger partial charge in [0.25, 0.3) is 5.91 Å². The summed E-state index contributed by atoms with van der Waals surface area (Å²) in [6.45, 7) is 5.69. The molecule has 1 amide bonds. The van der Waals surface area contributed by atoms with Gasteiger partial charge in [0.2, 0.25) is 0 Å². The Labute approximate surface area is 130 Å². The van der Waals surface area contributed by atoms with Crippen LogP contribution in [0, 0.1) is 0 Å². The van der Waals surface area contributed by atoms with Crippen LogP contribution in [0.3, 0.4) is 0 Å². The number of hydrogen-bond donors (Lipinski definition) is 1. The Kier molecular flexibility index (Phi) is 16.2. The van der Waals surface area contributed by atoms with E-state index in [9.17, 15) is 4.79 Å². The van der Waals surface area contributed by atoms with Crippen molar-refractivity contribution >= 4 is 17.9 Å². The highest BCUT2D eigenvalue weighted by molar-refractivity contribution is 7.97. The first-order valence-electron chi connectivity index (χ1n) is 8.35. The van der Waals surface area contributed by atoms with Gasteiger partial charge in [-0.05, 0) is 12.5 Å². The fourth-order valence-corrected chi connectivity index (χ4v) is 2.86. The van der Waals surface area contributed by atoms with Crippen molar-refractivity contribution < 1.29 is 4.79 Å². The van der Waals surface area contributed by atoms with Gasteiger partial charge < -0.3 is 0 Å². The van der Waals surface area contributed by atoms with E-state index in [0.717, 1.165) is 5.75 Å². The molecule has 0 aliphatic rings. The molecule has 0 saturated carbocycles. The minimum atomic E-state index is -0.0889. The van der Waals surface area contributed by atoms with E-state index in [2.05, 4.69) is 18.2 Å². The van der Waals surface area contributed by atoms with Crippen LogP contribution in [0.5, 0.6) is 0 Å². The molecule has 0 aliphatic heterocycles. The number of amides is 1. The van der Waals surface area contributed by atoms with Gasteiger partial charge in [-0.15, -0.1) is 0 Å². The lowest BCUT2D eigenvalue weighted by Crippen LogP contribution is -2.12. The fraction of sp³-hybridized carbons (Fsp3) is 0.824. The first-order chi connectivity index (χ1) is 9.81. The van der Waals surface area contributed by atoms with E-state index in [0.29, 0.717) is 0 Å². The highest BCUT2D eigenvalue weighted by Gasteiger charge is 1.95. The van der Waals surface area contributed by atoms with E-state index in [-0.39, 0.29) is 5.91 Å². The predicted octanol–water partition coefficient (Wildman–Crippen LogP) is 5.64. The number of nitrogens with one attached hydrogen (secondary N) is 1. The number of carbonyl (C=O) groups excluding carboxylic acids is 1. The molecule has 0 spiro atoms. The van der Waals surface area contributed by atoms with Crippen LogP contribution < -0.4 is 4.72 Å². The third kappa shape index (κ3) is 15.6. The molecule has 0 fully saturated rings. The normalized spacial score (nSPS) is 10.4. The van der Waals surface area contributed by atoms with Gasteiger partial charge in [-0.3, -0.25) is 9.52 Å². The minimum absolute atomic E-state index is 0.0889. The highest BCUT2D eigenvalue weighted by atomic mass is 32.2. The van der Waals surface area contributed by atoms with Crippen molar-refractivity contribution in [1.29, 1.82) is 0 Å². The Morgan fingerprint density at radius 1 is 0.900 bits per heavy atom. The first-order valence-corrected chi connectivity index (χ1v) is 9.34. The monoisotopic (exact) mass is 299 g/mol. The van der Waals surface area contributed by atoms with Gasteiger partial charge in [0.1, 0.15) is 0 Å². The second-order valence-electron chi connectivity index (χ2n) is 5.41. The molecule has 0 saturated heterocycles. The van der Waals surface area contributed by atoms with Crippen molar-refractivity contribution in [2.75, 3.05) is 5.75 Å². The summed E-state index contributed by atoms with van der Waals surface area (Å²) in [6, 6.07) is 0. The molecule has 118 valence electrons. The van der Waals surface area contributed by atoms with Gasteiger partial charge in [0.15, 0.2) is 0 Å². The van der Waals surface area contributed by atoms with E-state index in [1.165, 1.54) is 95.1 Å². The summed E-state index contributed by atoms with van der Waals surface area (Å²) in [6.07, 6.45) is 17.8. The Bertz CT molecular complexity index is 231. The van der Waals surface area contributed by atoms with E-state index >= 15 is 0 Å². The zero-order valence-corrected chi connectivity index (χ0v) is 14.1. The summed E-state index contributed by atoms with van der Waals surface area (Å²) in [5, 5.41) is 0. The van der Waals surface area contributed by atoms with Crippen molar-refractivity contribution in [1.82, 2.24) is 4.72 Å². The Hall–Kier alpha value is -0.440. The summed E-state index contributed by atoms with van der Waals surface area (Å²) < 4.78 is 2.73. The fourth-order valence-electron chi connectivity index (χ4n) is 2.18. The lowest BCUT2D eigenvalue weighted by atomic mass is 10.1. The van der Waals surface area contributed by atoms with Crippen molar-refractivity contribution in [3.05, 3.63) is 12.7 Å². The Balaban J connectivity index is 2.99. The maximum absolute atomic E-state index is 10.9. The molecule has 0 bridgehead atoms. The standard InChI is InChI=1S/C17H33NOS/c1-3-5-6-7-8-9-10-11-12-13-14-15-16-20-18-17(19)4-2/h4H,2-3,5-16H2,1H3,(H,18,19). The van der Waals surface area contributed by atoms with Crippen LogP contribution >= 0.6 is 11.9 Å². The molecule has 0 aliphatic carbocycles. The van der Waals surface area contributed by atoms with Crippen LogP contribution in [-0.4, -0.2) is 11.7 Å². The molecular weight excluding hydrogens is 266 g/mol. The lowest BCUT2D eigenvalue weighted by Gasteiger charge is -2.03. The smallest absolute Gasteiger partial charge is 0.253 e. The average molecular weight is 300 g/mol. The van der Waals surface area contributed by atoms with Crippen molar-refractivity contribution in [3.63, 3.8) is 0 Å². The van der Waals surface area contributed by atoms with Crippen LogP contribution in [0.15, 0.2) is 12.7 Å². The molecule has 0 atom stereocenters. The quantitative estimate of drug-likeness (QED) is 0.241. The van der Waals surface area contributed by atoms with Crippen LogP contribution in [0.2, 0.25) is 0 Å². The van der Waals surface area contributed by atoms with Crippen molar-refractivity contribution in [2.24, 2.45) is 0 Å². The molecule has 3 heteroatoms. The van der Waals surface area contributed by atoms with Gasteiger partial charge >= 0.3 is 0 Å². The third-order valence-corrected chi connectivity index (χ3v) is 4.30. The molecule has 1 N–H and O–H groups in total. The summed E-state index contributed by atoms with van der Waals surface area (Å²) >= 11 is 1.50. The predicted molar refractivity (Wildman–Crippen MR) is 91.9 cm³/mol. The maximum Gasteiger partial charge on any atom is 0.253 e. The average Bonchev–Trinajstić information content (AvgIpc) is 2.47. The summed E-state index contributed by atoms with van der Waals surface area (Å²) in [4.78, 5) is 10.9. The van der Waals surface area contributed by atoms with E-state index < -0.39 is 0 Å². The van der Waals surface area contributed by atoms with Gasteiger partial charge in [-0.2, -0.15) is 0 Å². The summed E-state index contributed by atoms with van der Waals surface area (Å²) in [5.41, 5.74) is 0. The Morgan fingerprint density at radius 2 is 1.35 bits per heavy atom. The molecular formula is C17H33NOS. The van der Waals surface area contributed by atoms with Crippen LogP contribution in [0.25, 0.3) is 0 Å². The number of carbonyl (C=O) groups is 1. The van der Waals surface area contributed by atoms with Crippen LogP contribution in [0.1, 0.15) is 84.0 Å². The minimum Gasteiger partial charge on any atom is -0.297 e. The highest BCUT2D eigenvalue weighted by Crippen LogP contribution is 2.12. The zero-order valence-electron chi connectivity index (χ0n) is 13.3. The largest absolute Gasteiger partial charge is 0.297 e.